The third-order valence-electron chi connectivity index (χ3n) is 5.70. The van der Waals surface area contributed by atoms with Gasteiger partial charge in [-0.25, -0.2) is 4.39 Å². The Morgan fingerprint density at radius 2 is 2.03 bits per heavy atom. The van der Waals surface area contributed by atoms with Crippen molar-refractivity contribution in [2.45, 2.75) is 26.8 Å². The molecule has 0 spiro atoms. The molecule has 1 aliphatic heterocycles. The van der Waals surface area contributed by atoms with E-state index in [1.54, 1.807) is 34.1 Å². The summed E-state index contributed by atoms with van der Waals surface area (Å²) in [7, 11) is 0. The molecule has 156 valence electrons. The lowest BCUT2D eigenvalue weighted by molar-refractivity contribution is 0.0716. The number of nitrogens with zero attached hydrogens (tertiary/aromatic N) is 3. The first-order valence-corrected chi connectivity index (χ1v) is 10.2. The van der Waals surface area contributed by atoms with E-state index in [1.807, 2.05) is 26.8 Å². The van der Waals surface area contributed by atoms with Crippen molar-refractivity contribution in [2.75, 3.05) is 19.6 Å². The van der Waals surface area contributed by atoms with Crippen LogP contribution < -0.4 is 5.32 Å². The second kappa shape index (κ2) is 7.99. The second-order valence-electron chi connectivity index (χ2n) is 7.87. The number of fused-ring (bicyclic) bond motifs is 1. The van der Waals surface area contributed by atoms with Crippen LogP contribution in [0.2, 0.25) is 0 Å². The van der Waals surface area contributed by atoms with Crippen LogP contribution in [0.3, 0.4) is 0 Å². The molecule has 0 unspecified atom stereocenters. The number of pyridine rings is 1. The number of ketones is 1. The van der Waals surface area contributed by atoms with Crippen molar-refractivity contribution in [3.8, 4) is 5.69 Å². The summed E-state index contributed by atoms with van der Waals surface area (Å²) in [6, 6.07) is 5.97. The molecule has 0 aliphatic carbocycles. The maximum Gasteiger partial charge on any atom is 0.256 e. The Morgan fingerprint density at radius 3 is 2.67 bits per heavy atom. The van der Waals surface area contributed by atoms with Gasteiger partial charge in [0.1, 0.15) is 5.82 Å². The topological polar surface area (TPSA) is 67.2 Å². The molecule has 3 heterocycles. The molecule has 0 bridgehead atoms. The minimum absolute atomic E-state index is 0.0232. The summed E-state index contributed by atoms with van der Waals surface area (Å²) in [5.41, 5.74) is 2.10. The van der Waals surface area contributed by atoms with Crippen LogP contribution in [-0.4, -0.2) is 51.8 Å². The minimum atomic E-state index is -0.478. The molecule has 1 saturated heterocycles. The van der Waals surface area contributed by atoms with Gasteiger partial charge in [0.25, 0.3) is 5.91 Å². The maximum atomic E-state index is 14.1. The molecule has 4 rings (SSSR count). The van der Waals surface area contributed by atoms with Gasteiger partial charge in [0.05, 0.1) is 23.0 Å². The van der Waals surface area contributed by atoms with Crippen molar-refractivity contribution in [1.29, 1.82) is 0 Å². The highest BCUT2D eigenvalue weighted by atomic mass is 19.1. The molecule has 7 heteroatoms. The molecule has 0 atom stereocenters. The maximum absolute atomic E-state index is 14.1. The van der Waals surface area contributed by atoms with E-state index in [-0.39, 0.29) is 29.2 Å². The van der Waals surface area contributed by atoms with Gasteiger partial charge in [0, 0.05) is 54.9 Å². The van der Waals surface area contributed by atoms with Gasteiger partial charge >= 0.3 is 0 Å². The molecule has 0 saturated carbocycles. The number of rotatable bonds is 6. The van der Waals surface area contributed by atoms with Crippen LogP contribution in [0.4, 0.5) is 4.39 Å². The molecule has 2 aromatic heterocycles. The first-order chi connectivity index (χ1) is 14.4. The van der Waals surface area contributed by atoms with Crippen molar-refractivity contribution in [1.82, 2.24) is 19.8 Å². The zero-order chi connectivity index (χ0) is 21.4. The molecule has 3 aromatic rings. The largest absolute Gasteiger partial charge is 0.336 e. The molecule has 1 fully saturated rings. The van der Waals surface area contributed by atoms with E-state index < -0.39 is 5.82 Å². The fourth-order valence-corrected chi connectivity index (χ4v) is 3.95. The van der Waals surface area contributed by atoms with Gasteiger partial charge in [-0.1, -0.05) is 0 Å². The SMILES string of the molecule is CCN(C(=O)c1cc(F)ccc1-n1cc(C(=O)C2CNC2)c2ccncc21)C(C)C. The van der Waals surface area contributed by atoms with Gasteiger partial charge in [0.2, 0.25) is 0 Å². The van der Waals surface area contributed by atoms with E-state index in [9.17, 15) is 14.0 Å². The average Bonchev–Trinajstić information content (AvgIpc) is 3.06. The minimum Gasteiger partial charge on any atom is -0.336 e. The summed E-state index contributed by atoms with van der Waals surface area (Å²) < 4.78 is 15.9. The Balaban J connectivity index is 1.89. The summed E-state index contributed by atoms with van der Waals surface area (Å²) >= 11 is 0. The van der Waals surface area contributed by atoms with Gasteiger partial charge in [-0.15, -0.1) is 0 Å². The number of aromatic nitrogens is 2. The van der Waals surface area contributed by atoms with Crippen LogP contribution in [0, 0.1) is 11.7 Å². The Labute approximate surface area is 174 Å². The lowest BCUT2D eigenvalue weighted by atomic mass is 9.93. The highest BCUT2D eigenvalue weighted by molar-refractivity contribution is 6.10. The zero-order valence-electron chi connectivity index (χ0n) is 17.4. The van der Waals surface area contributed by atoms with Crippen molar-refractivity contribution in [2.24, 2.45) is 5.92 Å². The summed E-state index contributed by atoms with van der Waals surface area (Å²) in [6.07, 6.45) is 5.07. The number of halogens is 1. The lowest BCUT2D eigenvalue weighted by Crippen LogP contribution is -2.46. The van der Waals surface area contributed by atoms with Gasteiger partial charge in [-0.05, 0) is 45.0 Å². The first kappa shape index (κ1) is 20.2. The van der Waals surface area contributed by atoms with Gasteiger partial charge in [0.15, 0.2) is 5.78 Å². The van der Waals surface area contributed by atoms with Crippen molar-refractivity contribution in [3.63, 3.8) is 0 Å². The van der Waals surface area contributed by atoms with E-state index in [2.05, 4.69) is 10.3 Å². The predicted molar refractivity (Wildman–Crippen MR) is 114 cm³/mol. The number of benzene rings is 1. The molecule has 1 aliphatic rings. The Morgan fingerprint density at radius 1 is 1.27 bits per heavy atom. The molecule has 1 amide bonds. The molecule has 1 aromatic carbocycles. The third-order valence-corrected chi connectivity index (χ3v) is 5.70. The third kappa shape index (κ3) is 3.39. The lowest BCUT2D eigenvalue weighted by Gasteiger charge is -2.26. The highest BCUT2D eigenvalue weighted by Gasteiger charge is 2.29. The molecule has 30 heavy (non-hydrogen) atoms. The van der Waals surface area contributed by atoms with Crippen LogP contribution in [0.15, 0.2) is 42.9 Å². The van der Waals surface area contributed by atoms with Crippen LogP contribution in [0.1, 0.15) is 41.5 Å². The van der Waals surface area contributed by atoms with Crippen molar-refractivity contribution in [3.05, 3.63) is 59.8 Å². The van der Waals surface area contributed by atoms with Crippen LogP contribution in [0.5, 0.6) is 0 Å². The molecular formula is C23H25FN4O2. The van der Waals surface area contributed by atoms with E-state index >= 15 is 0 Å². The predicted octanol–water partition coefficient (Wildman–Crippen LogP) is 3.44. The van der Waals surface area contributed by atoms with Gasteiger partial charge < -0.3 is 14.8 Å². The van der Waals surface area contributed by atoms with Gasteiger partial charge in [-0.2, -0.15) is 0 Å². The Kier molecular flexibility index (Phi) is 5.39. The number of carbonyl (C=O) groups excluding carboxylic acids is 2. The fraction of sp³-hybridized carbons (Fsp3) is 0.348. The highest BCUT2D eigenvalue weighted by Crippen LogP contribution is 2.29. The second-order valence-corrected chi connectivity index (χ2v) is 7.87. The van der Waals surface area contributed by atoms with E-state index in [4.69, 9.17) is 0 Å². The van der Waals surface area contributed by atoms with Crippen LogP contribution in [0.25, 0.3) is 16.6 Å². The quantitative estimate of drug-likeness (QED) is 0.635. The molecule has 6 nitrogen and oxygen atoms in total. The average molecular weight is 408 g/mol. The first-order valence-electron chi connectivity index (χ1n) is 10.2. The van der Waals surface area contributed by atoms with Gasteiger partial charge in [-0.3, -0.25) is 14.6 Å². The molecule has 1 N–H and O–H groups in total. The molecule has 0 radical (unpaired) electrons. The summed E-state index contributed by atoms with van der Waals surface area (Å²) in [6.45, 7) is 7.60. The number of nitrogens with one attached hydrogen (secondary N) is 1. The Hall–Kier alpha value is -3.06. The summed E-state index contributed by atoms with van der Waals surface area (Å²) in [4.78, 5) is 32.1. The summed E-state index contributed by atoms with van der Waals surface area (Å²) in [5, 5.41) is 3.90. The summed E-state index contributed by atoms with van der Waals surface area (Å²) in [5.74, 6) is -0.712. The van der Waals surface area contributed by atoms with E-state index in [1.165, 1.54) is 12.1 Å². The van der Waals surface area contributed by atoms with Crippen molar-refractivity contribution >= 4 is 22.6 Å². The number of hydrogen-bond donors (Lipinski definition) is 1. The van der Waals surface area contributed by atoms with Crippen LogP contribution >= 0.6 is 0 Å². The molecular weight excluding hydrogens is 383 g/mol. The monoisotopic (exact) mass is 408 g/mol. The smallest absolute Gasteiger partial charge is 0.256 e. The van der Waals surface area contributed by atoms with Crippen molar-refractivity contribution < 1.29 is 14.0 Å². The van der Waals surface area contributed by atoms with E-state index in [0.717, 1.165) is 5.39 Å². The Bertz CT molecular complexity index is 1120. The number of Topliss-reactive ketones (excluding diaryl/α,β-unsaturated/α-hetero) is 1. The number of hydrogen-bond acceptors (Lipinski definition) is 4. The number of carbonyl (C=O) groups is 2. The fourth-order valence-electron chi connectivity index (χ4n) is 3.95. The van der Waals surface area contributed by atoms with E-state index in [0.29, 0.717) is 36.4 Å². The number of amides is 1. The standard InChI is InChI=1S/C23H25FN4O2/c1-4-27(14(2)3)23(30)18-9-16(24)5-6-20(18)28-13-19(22(29)15-10-26-11-15)17-7-8-25-12-21(17)28/h5-9,12-15,26H,4,10-11H2,1-3H3. The normalized spacial score (nSPS) is 14.2. The van der Waals surface area contributed by atoms with Crippen LogP contribution in [-0.2, 0) is 0 Å². The zero-order valence-corrected chi connectivity index (χ0v) is 17.4.